The molecule has 0 saturated carbocycles. The lowest BCUT2D eigenvalue weighted by molar-refractivity contribution is 0.292. The van der Waals surface area contributed by atoms with E-state index < -0.39 is 0 Å². The molecule has 0 fully saturated rings. The lowest BCUT2D eigenvalue weighted by Crippen LogP contribution is -2.13. The van der Waals surface area contributed by atoms with Crippen LogP contribution in [-0.2, 0) is 4.74 Å². The fraction of sp³-hybridized carbons (Fsp3) is 0.385. The van der Waals surface area contributed by atoms with Crippen LogP contribution in [0.4, 0.5) is 0 Å². The maximum Gasteiger partial charge on any atom is 0.216 e. The topological polar surface area (TPSA) is 45.4 Å². The van der Waals surface area contributed by atoms with Gasteiger partial charge in [-0.3, -0.25) is 0 Å². The van der Waals surface area contributed by atoms with E-state index in [1.54, 1.807) is 6.07 Å². The van der Waals surface area contributed by atoms with E-state index in [1.807, 2.05) is 18.2 Å². The van der Waals surface area contributed by atoms with Crippen LogP contribution >= 0.6 is 0 Å². The molecule has 0 amide bonds. The van der Waals surface area contributed by atoms with Crippen LogP contribution in [0.3, 0.4) is 0 Å². The Labute approximate surface area is 95.4 Å². The van der Waals surface area contributed by atoms with Crippen LogP contribution in [0, 0.1) is 17.2 Å². The molecular weight excluding hydrogens is 200 g/mol. The van der Waals surface area contributed by atoms with Gasteiger partial charge in [0, 0.05) is 5.56 Å². The molecule has 2 rings (SSSR count). The second-order valence-corrected chi connectivity index (χ2v) is 4.25. The summed E-state index contributed by atoms with van der Waals surface area (Å²) < 4.78 is 5.55. The predicted octanol–water partition coefficient (Wildman–Crippen LogP) is 2.36. The van der Waals surface area contributed by atoms with Gasteiger partial charge < -0.3 is 4.74 Å². The van der Waals surface area contributed by atoms with Gasteiger partial charge in [0.2, 0.25) is 5.90 Å². The van der Waals surface area contributed by atoms with Crippen LogP contribution in [0.25, 0.3) is 0 Å². The van der Waals surface area contributed by atoms with Crippen molar-refractivity contribution in [1.29, 1.82) is 5.26 Å². The average Bonchev–Trinajstić information content (AvgIpc) is 2.78. The van der Waals surface area contributed by atoms with Crippen molar-refractivity contribution < 1.29 is 4.74 Å². The Hall–Kier alpha value is -1.82. The fourth-order valence-electron chi connectivity index (χ4n) is 1.61. The van der Waals surface area contributed by atoms with Crippen LogP contribution in [0.2, 0.25) is 0 Å². The van der Waals surface area contributed by atoms with Crippen LogP contribution in [0.5, 0.6) is 0 Å². The summed E-state index contributed by atoms with van der Waals surface area (Å²) in [6.07, 6.45) is 0. The van der Waals surface area contributed by atoms with Gasteiger partial charge in [-0.1, -0.05) is 19.9 Å². The van der Waals surface area contributed by atoms with Crippen molar-refractivity contribution in [2.24, 2.45) is 10.9 Å². The van der Waals surface area contributed by atoms with Crippen molar-refractivity contribution in [3.05, 3.63) is 35.4 Å². The molecule has 16 heavy (non-hydrogen) atoms. The first-order valence-corrected chi connectivity index (χ1v) is 5.42. The summed E-state index contributed by atoms with van der Waals surface area (Å²) in [5.74, 6) is 1.15. The zero-order valence-corrected chi connectivity index (χ0v) is 9.47. The molecule has 1 aliphatic heterocycles. The van der Waals surface area contributed by atoms with Gasteiger partial charge >= 0.3 is 0 Å². The van der Waals surface area contributed by atoms with E-state index in [2.05, 4.69) is 24.9 Å². The molecule has 0 bridgehead atoms. The van der Waals surface area contributed by atoms with Crippen LogP contribution in [0.1, 0.15) is 25.0 Å². The van der Waals surface area contributed by atoms with Crippen molar-refractivity contribution in [3.8, 4) is 6.07 Å². The smallest absolute Gasteiger partial charge is 0.216 e. The molecule has 0 radical (unpaired) electrons. The number of aliphatic imine (C=N–C) groups is 1. The summed E-state index contributed by atoms with van der Waals surface area (Å²) in [4.78, 5) is 4.52. The molecule has 0 spiro atoms. The number of ether oxygens (including phenoxy) is 1. The SMILES string of the molecule is CC(C)[C@@H]1COC(c2cccc(C#N)c2)=N1. The Morgan fingerprint density at radius 2 is 2.31 bits per heavy atom. The lowest BCUT2D eigenvalue weighted by atomic mass is 10.1. The maximum absolute atomic E-state index is 8.81. The summed E-state index contributed by atoms with van der Waals surface area (Å²) in [7, 11) is 0. The number of rotatable bonds is 2. The molecule has 82 valence electrons. The standard InChI is InChI=1S/C13H14N2O/c1-9(2)12-8-16-13(15-12)11-5-3-4-10(6-11)7-14/h3-6,9,12H,8H2,1-2H3/t12-/m0/s1. The van der Waals surface area contributed by atoms with Crippen LogP contribution in [0.15, 0.2) is 29.3 Å². The van der Waals surface area contributed by atoms with Gasteiger partial charge in [-0.15, -0.1) is 0 Å². The minimum Gasteiger partial charge on any atom is -0.475 e. The first-order chi connectivity index (χ1) is 7.70. The van der Waals surface area contributed by atoms with Crippen molar-refractivity contribution in [2.75, 3.05) is 6.61 Å². The second kappa shape index (κ2) is 4.36. The molecular formula is C13H14N2O. The van der Waals surface area contributed by atoms with Crippen LogP contribution < -0.4 is 0 Å². The molecule has 1 heterocycles. The van der Waals surface area contributed by atoms with Gasteiger partial charge in [0.15, 0.2) is 0 Å². The van der Waals surface area contributed by atoms with Gasteiger partial charge in [0.25, 0.3) is 0 Å². The first kappa shape index (κ1) is 10.7. The quantitative estimate of drug-likeness (QED) is 0.758. The van der Waals surface area contributed by atoms with Gasteiger partial charge in [-0.2, -0.15) is 5.26 Å². The van der Waals surface area contributed by atoms with E-state index in [1.165, 1.54) is 0 Å². The van der Waals surface area contributed by atoms with Gasteiger partial charge in [0.05, 0.1) is 17.7 Å². The first-order valence-electron chi connectivity index (χ1n) is 5.42. The van der Waals surface area contributed by atoms with Gasteiger partial charge in [-0.25, -0.2) is 4.99 Å². The number of nitriles is 1. The fourth-order valence-corrected chi connectivity index (χ4v) is 1.61. The number of hydrogen-bond donors (Lipinski definition) is 0. The molecule has 3 nitrogen and oxygen atoms in total. The van der Waals surface area contributed by atoms with Crippen LogP contribution in [-0.4, -0.2) is 18.5 Å². The van der Waals surface area contributed by atoms with Gasteiger partial charge in [-0.05, 0) is 24.1 Å². The summed E-state index contributed by atoms with van der Waals surface area (Å²) in [6, 6.07) is 9.70. The molecule has 1 atom stereocenters. The zero-order chi connectivity index (χ0) is 11.5. The number of nitrogens with zero attached hydrogens (tertiary/aromatic N) is 2. The molecule has 1 aromatic rings. The molecule has 0 unspecified atom stereocenters. The van der Waals surface area contributed by atoms with Crippen molar-refractivity contribution >= 4 is 5.90 Å². The molecule has 0 N–H and O–H groups in total. The Morgan fingerprint density at radius 1 is 1.50 bits per heavy atom. The maximum atomic E-state index is 8.81. The van der Waals surface area contributed by atoms with E-state index in [9.17, 15) is 0 Å². The average molecular weight is 214 g/mol. The van der Waals surface area contributed by atoms with E-state index in [0.717, 1.165) is 5.56 Å². The van der Waals surface area contributed by atoms with E-state index in [-0.39, 0.29) is 6.04 Å². The summed E-state index contributed by atoms with van der Waals surface area (Å²) >= 11 is 0. The van der Waals surface area contributed by atoms with E-state index in [0.29, 0.717) is 24.0 Å². The lowest BCUT2D eigenvalue weighted by Gasteiger charge is -2.06. The third kappa shape index (κ3) is 2.06. The Morgan fingerprint density at radius 3 is 2.94 bits per heavy atom. The van der Waals surface area contributed by atoms with E-state index in [4.69, 9.17) is 10.00 Å². The zero-order valence-electron chi connectivity index (χ0n) is 9.47. The largest absolute Gasteiger partial charge is 0.475 e. The second-order valence-electron chi connectivity index (χ2n) is 4.25. The third-order valence-corrected chi connectivity index (χ3v) is 2.68. The molecule has 3 heteroatoms. The monoisotopic (exact) mass is 214 g/mol. The Bertz CT molecular complexity index is 457. The molecule has 0 aliphatic carbocycles. The minimum atomic E-state index is 0.237. The van der Waals surface area contributed by atoms with Crippen molar-refractivity contribution in [1.82, 2.24) is 0 Å². The Kier molecular flexibility index (Phi) is 2.91. The van der Waals surface area contributed by atoms with E-state index >= 15 is 0 Å². The summed E-state index contributed by atoms with van der Waals surface area (Å²) in [5.41, 5.74) is 1.53. The number of hydrogen-bond acceptors (Lipinski definition) is 3. The highest BCUT2D eigenvalue weighted by atomic mass is 16.5. The number of benzene rings is 1. The highest BCUT2D eigenvalue weighted by molar-refractivity contribution is 5.95. The van der Waals surface area contributed by atoms with Gasteiger partial charge in [0.1, 0.15) is 6.61 Å². The van der Waals surface area contributed by atoms with Crippen molar-refractivity contribution in [3.63, 3.8) is 0 Å². The van der Waals surface area contributed by atoms with Crippen molar-refractivity contribution in [2.45, 2.75) is 19.9 Å². The highest BCUT2D eigenvalue weighted by Crippen LogP contribution is 2.18. The normalized spacial score (nSPS) is 19.1. The summed E-state index contributed by atoms with van der Waals surface area (Å²) in [5, 5.41) is 8.81. The molecule has 1 aliphatic rings. The molecule has 0 saturated heterocycles. The molecule has 1 aromatic carbocycles. The minimum absolute atomic E-state index is 0.237. The highest BCUT2D eigenvalue weighted by Gasteiger charge is 2.22. The molecule has 0 aromatic heterocycles. The Balaban J connectivity index is 2.26. The predicted molar refractivity (Wildman–Crippen MR) is 62.3 cm³/mol. The third-order valence-electron chi connectivity index (χ3n) is 2.68. The summed E-state index contributed by atoms with van der Waals surface area (Å²) in [6.45, 7) is 4.90.